The van der Waals surface area contributed by atoms with Crippen molar-refractivity contribution in [2.24, 2.45) is 10.7 Å². The van der Waals surface area contributed by atoms with E-state index in [9.17, 15) is 30.8 Å². The van der Waals surface area contributed by atoms with Crippen LogP contribution < -0.4 is 5.73 Å². The number of hydroxylamine groups is 1. The third-order valence-electron chi connectivity index (χ3n) is 3.70. The molecule has 1 unspecified atom stereocenters. The van der Waals surface area contributed by atoms with E-state index >= 15 is 0 Å². The minimum atomic E-state index is -5.08. The highest BCUT2D eigenvalue weighted by Crippen LogP contribution is 2.37. The van der Waals surface area contributed by atoms with Crippen LogP contribution in [0.4, 0.5) is 17.6 Å². The molecular formula is C16H11F4N3O4S. The Morgan fingerprint density at radius 1 is 1.11 bits per heavy atom. The van der Waals surface area contributed by atoms with Crippen molar-refractivity contribution in [2.45, 2.75) is 17.2 Å². The van der Waals surface area contributed by atoms with Gasteiger partial charge in [-0.1, -0.05) is 24.3 Å². The fourth-order valence-corrected chi connectivity index (χ4v) is 3.75. The van der Waals surface area contributed by atoms with Crippen LogP contribution in [0.15, 0.2) is 58.4 Å². The van der Waals surface area contributed by atoms with E-state index in [4.69, 9.17) is 5.73 Å². The molecule has 0 saturated carbocycles. The van der Waals surface area contributed by atoms with Gasteiger partial charge < -0.3 is 10.6 Å². The summed E-state index contributed by atoms with van der Waals surface area (Å²) in [6, 6.07) is 8.85. The Labute approximate surface area is 156 Å². The average Bonchev–Trinajstić information content (AvgIpc) is 3.08. The standard InChI is InChI=1S/C16H11F4N3O4S/c17-11-3-1-2-4-12(11)28(25,26)23-14(22-15(27-23)16(18,19)20)10-7-5-9(6-8-10)13(21)24/h1-8,14H,(H2,21,24). The highest BCUT2D eigenvalue weighted by Gasteiger charge is 2.50. The largest absolute Gasteiger partial charge is 0.470 e. The number of carbonyl (C=O) groups excluding carboxylic acids is 1. The molecule has 1 amide bonds. The van der Waals surface area contributed by atoms with Gasteiger partial charge in [0, 0.05) is 10.0 Å². The molecule has 12 heteroatoms. The van der Waals surface area contributed by atoms with Crippen LogP contribution in [0, 0.1) is 5.82 Å². The molecule has 2 aromatic carbocycles. The summed E-state index contributed by atoms with van der Waals surface area (Å²) in [4.78, 5) is 18.0. The number of nitrogens with zero attached hydrogens (tertiary/aromatic N) is 2. The molecule has 1 heterocycles. The SMILES string of the molecule is NC(=O)c1ccc(C2N=C(C(F)(F)F)ON2S(=O)(=O)c2ccccc2F)cc1. The summed E-state index contributed by atoms with van der Waals surface area (Å²) in [6.45, 7) is 0. The molecule has 1 atom stereocenters. The molecule has 2 aromatic rings. The number of carbonyl (C=O) groups is 1. The Kier molecular flexibility index (Phi) is 4.85. The molecule has 7 nitrogen and oxygen atoms in total. The van der Waals surface area contributed by atoms with Crippen LogP contribution in [0.1, 0.15) is 22.1 Å². The Hall–Kier alpha value is -2.99. The Bertz CT molecular complexity index is 1050. The van der Waals surface area contributed by atoms with E-state index in [1.807, 2.05) is 0 Å². The molecule has 148 valence electrons. The fraction of sp³-hybridized carbons (Fsp3) is 0.125. The van der Waals surface area contributed by atoms with Crippen LogP contribution in [0.5, 0.6) is 0 Å². The average molecular weight is 417 g/mol. The van der Waals surface area contributed by atoms with Crippen LogP contribution in [0.2, 0.25) is 0 Å². The predicted molar refractivity (Wildman–Crippen MR) is 87.7 cm³/mol. The maximum atomic E-state index is 14.0. The summed E-state index contributed by atoms with van der Waals surface area (Å²) < 4.78 is 78.6. The lowest BCUT2D eigenvalue weighted by molar-refractivity contribution is -0.0995. The summed E-state index contributed by atoms with van der Waals surface area (Å²) in [7, 11) is -4.86. The molecule has 0 spiro atoms. The van der Waals surface area contributed by atoms with E-state index < -0.39 is 44.9 Å². The highest BCUT2D eigenvalue weighted by atomic mass is 32.2. The van der Waals surface area contributed by atoms with Crippen molar-refractivity contribution in [1.29, 1.82) is 0 Å². The zero-order chi connectivity index (χ0) is 20.7. The van der Waals surface area contributed by atoms with Gasteiger partial charge in [-0.15, -0.1) is 0 Å². The minimum absolute atomic E-state index is 0.0342. The first kappa shape index (κ1) is 19.8. The first-order valence-electron chi connectivity index (χ1n) is 7.53. The van der Waals surface area contributed by atoms with E-state index in [-0.39, 0.29) is 15.6 Å². The summed E-state index contributed by atoms with van der Waals surface area (Å²) in [5.74, 6) is -3.77. The van der Waals surface area contributed by atoms with E-state index in [1.165, 1.54) is 36.4 Å². The number of halogens is 4. The van der Waals surface area contributed by atoms with Gasteiger partial charge in [0.15, 0.2) is 6.17 Å². The molecule has 28 heavy (non-hydrogen) atoms. The van der Waals surface area contributed by atoms with Gasteiger partial charge in [0.2, 0.25) is 5.91 Å². The number of aliphatic imine (C=N–C) groups is 1. The summed E-state index contributed by atoms with van der Waals surface area (Å²) in [5, 5.41) is 0. The molecule has 0 aromatic heterocycles. The van der Waals surface area contributed by atoms with Crippen molar-refractivity contribution in [3.8, 4) is 0 Å². The molecule has 0 radical (unpaired) electrons. The second-order valence-electron chi connectivity index (χ2n) is 5.57. The number of hydrogen-bond acceptors (Lipinski definition) is 5. The zero-order valence-corrected chi connectivity index (χ0v) is 14.5. The van der Waals surface area contributed by atoms with Crippen LogP contribution in [-0.2, 0) is 14.9 Å². The number of amides is 1. The van der Waals surface area contributed by atoms with Gasteiger partial charge in [-0.25, -0.2) is 17.8 Å². The van der Waals surface area contributed by atoms with Crippen molar-refractivity contribution < 1.29 is 35.6 Å². The first-order chi connectivity index (χ1) is 13.0. The van der Waals surface area contributed by atoms with E-state index in [0.29, 0.717) is 0 Å². The summed E-state index contributed by atoms with van der Waals surface area (Å²) >= 11 is 0. The second kappa shape index (κ2) is 6.87. The van der Waals surface area contributed by atoms with Crippen LogP contribution in [-0.4, -0.2) is 30.9 Å². The monoisotopic (exact) mass is 417 g/mol. The normalized spacial score (nSPS) is 17.9. The number of sulfonamides is 1. The molecule has 0 fully saturated rings. The minimum Gasteiger partial charge on any atom is -0.366 e. The number of nitrogens with two attached hydrogens (primary N) is 1. The van der Waals surface area contributed by atoms with E-state index in [1.54, 1.807) is 0 Å². The maximum absolute atomic E-state index is 14.0. The van der Waals surface area contributed by atoms with Crippen molar-refractivity contribution in [2.75, 3.05) is 0 Å². The molecule has 2 N–H and O–H groups in total. The molecule has 0 bridgehead atoms. The summed E-state index contributed by atoms with van der Waals surface area (Å²) in [6.07, 6.45) is -6.87. The molecule has 1 aliphatic heterocycles. The summed E-state index contributed by atoms with van der Waals surface area (Å²) in [5.41, 5.74) is 5.09. The lowest BCUT2D eigenvalue weighted by Gasteiger charge is -2.21. The van der Waals surface area contributed by atoms with Crippen molar-refractivity contribution in [1.82, 2.24) is 4.47 Å². The molecule has 1 aliphatic rings. The van der Waals surface area contributed by atoms with Crippen LogP contribution in [0.25, 0.3) is 0 Å². The van der Waals surface area contributed by atoms with Crippen molar-refractivity contribution in [3.05, 3.63) is 65.5 Å². The van der Waals surface area contributed by atoms with Gasteiger partial charge in [0.05, 0.1) is 0 Å². The predicted octanol–water partition coefficient (Wildman–Crippen LogP) is 2.52. The van der Waals surface area contributed by atoms with Gasteiger partial charge in [-0.05, 0) is 29.8 Å². The zero-order valence-electron chi connectivity index (χ0n) is 13.7. The number of alkyl halides is 3. The Balaban J connectivity index is 2.09. The van der Waals surface area contributed by atoms with E-state index in [0.717, 1.165) is 12.1 Å². The first-order valence-corrected chi connectivity index (χ1v) is 8.97. The highest BCUT2D eigenvalue weighted by molar-refractivity contribution is 7.89. The second-order valence-corrected chi connectivity index (χ2v) is 7.32. The molecule has 0 saturated heterocycles. The number of hydrogen-bond donors (Lipinski definition) is 1. The van der Waals surface area contributed by atoms with Gasteiger partial charge >= 0.3 is 12.1 Å². The fourth-order valence-electron chi connectivity index (χ4n) is 2.39. The number of rotatable bonds is 4. The van der Waals surface area contributed by atoms with Crippen molar-refractivity contribution in [3.63, 3.8) is 0 Å². The Morgan fingerprint density at radius 2 is 1.71 bits per heavy atom. The lowest BCUT2D eigenvalue weighted by Crippen LogP contribution is -2.34. The number of primary amides is 1. The molecule has 0 aliphatic carbocycles. The lowest BCUT2D eigenvalue weighted by atomic mass is 10.1. The van der Waals surface area contributed by atoms with Crippen LogP contribution in [0.3, 0.4) is 0 Å². The third kappa shape index (κ3) is 3.55. The maximum Gasteiger partial charge on any atom is 0.470 e. The van der Waals surface area contributed by atoms with Crippen LogP contribution >= 0.6 is 0 Å². The molecular weight excluding hydrogens is 406 g/mol. The van der Waals surface area contributed by atoms with Gasteiger partial charge in [-0.2, -0.15) is 13.2 Å². The Morgan fingerprint density at radius 3 is 2.25 bits per heavy atom. The van der Waals surface area contributed by atoms with E-state index in [2.05, 4.69) is 9.83 Å². The van der Waals surface area contributed by atoms with Gasteiger partial charge in [-0.3, -0.25) is 4.79 Å². The van der Waals surface area contributed by atoms with Crippen molar-refractivity contribution >= 4 is 21.8 Å². The molecule has 3 rings (SSSR count). The topological polar surface area (TPSA) is 102 Å². The van der Waals surface area contributed by atoms with Gasteiger partial charge in [0.1, 0.15) is 10.7 Å². The number of benzene rings is 2. The third-order valence-corrected chi connectivity index (χ3v) is 5.34. The quantitative estimate of drug-likeness (QED) is 0.773. The smallest absolute Gasteiger partial charge is 0.366 e. The van der Waals surface area contributed by atoms with Gasteiger partial charge in [0.25, 0.3) is 10.0 Å².